The van der Waals surface area contributed by atoms with E-state index in [2.05, 4.69) is 84.5 Å². The molecule has 1 amide bonds. The van der Waals surface area contributed by atoms with Crippen LogP contribution in [0.25, 0.3) is 6.08 Å². The summed E-state index contributed by atoms with van der Waals surface area (Å²) in [6.45, 7) is 15.0. The summed E-state index contributed by atoms with van der Waals surface area (Å²) in [6, 6.07) is 16.5. The molecule has 0 N–H and O–H groups in total. The maximum atomic E-state index is 13.4. The Kier molecular flexibility index (Phi) is 8.13. The standard InChI is InChI=1S/C30H35IN4O/c1-6-23-14-13-21(3)26(17-23)29(36)34-15-16-35(30(5,31)20-34)27(7-2)28-32-18-25(19-33-28)22(4)24-11-9-8-10-12-24/h6-14,17-18,22,25H,1,15-16,19-20H2,2-5H3. The number of hydrogen-bond donors (Lipinski definition) is 0. The topological polar surface area (TPSA) is 48.3 Å². The Morgan fingerprint density at radius 3 is 2.58 bits per heavy atom. The highest BCUT2D eigenvalue weighted by molar-refractivity contribution is 14.1. The molecule has 1 saturated heterocycles. The fourth-order valence-corrected chi connectivity index (χ4v) is 5.88. The summed E-state index contributed by atoms with van der Waals surface area (Å²) in [5, 5.41) is 0. The second kappa shape index (κ2) is 11.1. The number of allylic oxidation sites excluding steroid dienone is 1. The minimum atomic E-state index is -0.288. The lowest BCUT2D eigenvalue weighted by atomic mass is 9.88. The molecule has 3 unspecified atom stereocenters. The lowest BCUT2D eigenvalue weighted by molar-refractivity contribution is 0.0570. The third kappa shape index (κ3) is 5.48. The van der Waals surface area contributed by atoms with Crippen LogP contribution in [0.3, 0.4) is 0 Å². The summed E-state index contributed by atoms with van der Waals surface area (Å²) in [7, 11) is 0. The van der Waals surface area contributed by atoms with Crippen molar-refractivity contribution in [2.45, 2.75) is 37.2 Å². The van der Waals surface area contributed by atoms with E-state index in [4.69, 9.17) is 9.98 Å². The maximum Gasteiger partial charge on any atom is 0.254 e. The molecule has 0 radical (unpaired) electrons. The van der Waals surface area contributed by atoms with Gasteiger partial charge in [0.15, 0.2) is 5.84 Å². The molecule has 2 aliphatic heterocycles. The number of nitrogens with zero attached hydrogens (tertiary/aromatic N) is 4. The highest BCUT2D eigenvalue weighted by Gasteiger charge is 2.40. The molecule has 0 spiro atoms. The second-order valence-electron chi connectivity index (χ2n) is 9.78. The van der Waals surface area contributed by atoms with Gasteiger partial charge >= 0.3 is 0 Å². The van der Waals surface area contributed by atoms with E-state index < -0.39 is 0 Å². The molecule has 2 aromatic carbocycles. The van der Waals surface area contributed by atoms with Gasteiger partial charge < -0.3 is 9.80 Å². The lowest BCUT2D eigenvalue weighted by Crippen LogP contribution is -2.59. The van der Waals surface area contributed by atoms with Crippen LogP contribution < -0.4 is 0 Å². The number of benzene rings is 2. The molecule has 2 heterocycles. The predicted octanol–water partition coefficient (Wildman–Crippen LogP) is 6.35. The monoisotopic (exact) mass is 594 g/mol. The van der Waals surface area contributed by atoms with Crippen molar-refractivity contribution in [1.82, 2.24) is 9.80 Å². The zero-order valence-electron chi connectivity index (χ0n) is 21.6. The van der Waals surface area contributed by atoms with Crippen molar-refractivity contribution < 1.29 is 4.79 Å². The van der Waals surface area contributed by atoms with E-state index in [1.54, 1.807) is 6.08 Å². The summed E-state index contributed by atoms with van der Waals surface area (Å²) >= 11 is 2.47. The summed E-state index contributed by atoms with van der Waals surface area (Å²) in [6.07, 6.45) is 5.96. The Balaban J connectivity index is 1.47. The summed E-state index contributed by atoms with van der Waals surface area (Å²) in [4.78, 5) is 27.5. The first-order chi connectivity index (χ1) is 17.2. The normalized spacial score (nSPS) is 23.3. The van der Waals surface area contributed by atoms with Crippen molar-refractivity contribution in [2.24, 2.45) is 15.9 Å². The van der Waals surface area contributed by atoms with E-state index in [0.29, 0.717) is 19.0 Å². The maximum absolute atomic E-state index is 13.4. The van der Waals surface area contributed by atoms with Crippen molar-refractivity contribution in [3.63, 3.8) is 0 Å². The first-order valence-corrected chi connectivity index (χ1v) is 13.6. The van der Waals surface area contributed by atoms with Crippen molar-refractivity contribution in [2.75, 3.05) is 26.2 Å². The minimum Gasteiger partial charge on any atom is -0.351 e. The number of carbonyl (C=O) groups excluding carboxylic acids is 1. The third-order valence-electron chi connectivity index (χ3n) is 7.25. The molecule has 0 bridgehead atoms. The molecule has 2 aliphatic rings. The van der Waals surface area contributed by atoms with Crippen molar-refractivity contribution >= 4 is 46.6 Å². The quantitative estimate of drug-likeness (QED) is 0.222. The Morgan fingerprint density at radius 1 is 1.22 bits per heavy atom. The van der Waals surface area contributed by atoms with Crippen LogP contribution in [-0.4, -0.2) is 57.5 Å². The van der Waals surface area contributed by atoms with Gasteiger partial charge in [0, 0.05) is 37.3 Å². The van der Waals surface area contributed by atoms with Crippen LogP contribution in [0.2, 0.25) is 0 Å². The molecule has 36 heavy (non-hydrogen) atoms. The average molecular weight is 595 g/mol. The van der Waals surface area contributed by atoms with Gasteiger partial charge in [-0.3, -0.25) is 9.79 Å². The number of alkyl halides is 1. The fraction of sp³-hybridized carbons (Fsp3) is 0.367. The second-order valence-corrected chi connectivity index (χ2v) is 12.1. The number of halogens is 1. The van der Waals surface area contributed by atoms with E-state index in [0.717, 1.165) is 41.3 Å². The number of piperazine rings is 1. The first kappa shape index (κ1) is 26.3. The molecule has 3 atom stereocenters. The number of amides is 1. The van der Waals surface area contributed by atoms with Crippen molar-refractivity contribution in [1.29, 1.82) is 0 Å². The number of aryl methyl sites for hydroxylation is 1. The van der Waals surface area contributed by atoms with Crippen LogP contribution in [0.1, 0.15) is 53.7 Å². The Morgan fingerprint density at radius 2 is 1.97 bits per heavy atom. The van der Waals surface area contributed by atoms with Crippen LogP contribution in [0.15, 0.2) is 76.9 Å². The third-order valence-corrected chi connectivity index (χ3v) is 8.18. The van der Waals surface area contributed by atoms with Gasteiger partial charge in [0.2, 0.25) is 0 Å². The molecule has 0 aliphatic carbocycles. The highest BCUT2D eigenvalue weighted by Crippen LogP contribution is 2.34. The zero-order chi connectivity index (χ0) is 25.9. The Hall–Kier alpha value is -2.74. The highest BCUT2D eigenvalue weighted by atomic mass is 127. The Bertz CT molecular complexity index is 1210. The number of amidine groups is 1. The Labute approximate surface area is 228 Å². The van der Waals surface area contributed by atoms with Gasteiger partial charge in [-0.15, -0.1) is 0 Å². The predicted molar refractivity (Wildman–Crippen MR) is 159 cm³/mol. The number of aliphatic imine (C=N–C) groups is 2. The van der Waals surface area contributed by atoms with Gasteiger partial charge in [-0.25, -0.2) is 4.99 Å². The van der Waals surface area contributed by atoms with E-state index in [1.807, 2.05) is 43.0 Å². The molecule has 0 saturated carbocycles. The van der Waals surface area contributed by atoms with Gasteiger partial charge in [0.1, 0.15) is 3.55 Å². The van der Waals surface area contributed by atoms with Crippen molar-refractivity contribution in [3.8, 4) is 0 Å². The lowest BCUT2D eigenvalue weighted by Gasteiger charge is -2.48. The molecular formula is C30H35IN4O. The van der Waals surface area contributed by atoms with Crippen LogP contribution in [0.4, 0.5) is 0 Å². The van der Waals surface area contributed by atoms with E-state index in [-0.39, 0.29) is 15.4 Å². The van der Waals surface area contributed by atoms with Gasteiger partial charge in [-0.05, 0) is 49.4 Å². The van der Waals surface area contributed by atoms with Gasteiger partial charge in [-0.2, -0.15) is 0 Å². The zero-order valence-corrected chi connectivity index (χ0v) is 23.8. The van der Waals surface area contributed by atoms with Crippen LogP contribution in [0, 0.1) is 12.8 Å². The summed E-state index contributed by atoms with van der Waals surface area (Å²) < 4.78 is -0.288. The molecule has 4 rings (SSSR count). The van der Waals surface area contributed by atoms with E-state index in [1.165, 1.54) is 5.56 Å². The van der Waals surface area contributed by atoms with Gasteiger partial charge in [0.25, 0.3) is 5.91 Å². The average Bonchev–Trinajstić information content (AvgIpc) is 2.90. The molecule has 6 heteroatoms. The van der Waals surface area contributed by atoms with Crippen LogP contribution in [0.5, 0.6) is 0 Å². The summed E-state index contributed by atoms with van der Waals surface area (Å²) in [5.41, 5.74) is 5.05. The van der Waals surface area contributed by atoms with E-state index >= 15 is 0 Å². The summed E-state index contributed by atoms with van der Waals surface area (Å²) in [5.74, 6) is 1.50. The number of carbonyl (C=O) groups is 1. The van der Waals surface area contributed by atoms with Crippen LogP contribution >= 0.6 is 22.6 Å². The molecule has 2 aromatic rings. The number of hydrogen-bond acceptors (Lipinski definition) is 4. The van der Waals surface area contributed by atoms with Gasteiger partial charge in [-0.1, -0.05) is 90.7 Å². The largest absolute Gasteiger partial charge is 0.351 e. The molecule has 0 aromatic heterocycles. The molecule has 5 nitrogen and oxygen atoms in total. The van der Waals surface area contributed by atoms with Crippen molar-refractivity contribution in [3.05, 3.63) is 89.1 Å². The number of rotatable bonds is 6. The molecule has 188 valence electrons. The fourth-order valence-electron chi connectivity index (χ4n) is 4.97. The van der Waals surface area contributed by atoms with E-state index in [9.17, 15) is 4.79 Å². The SMILES string of the molecule is C=Cc1ccc(C)c(C(=O)N2CCN(C(=CC)C3=NCC(C(C)c4ccccc4)C=N3)C(C)(I)C2)c1. The minimum absolute atomic E-state index is 0.0755. The molecular weight excluding hydrogens is 559 g/mol. The molecule has 1 fully saturated rings. The smallest absolute Gasteiger partial charge is 0.254 e. The first-order valence-electron chi connectivity index (χ1n) is 12.5. The van der Waals surface area contributed by atoms with Gasteiger partial charge in [0.05, 0.1) is 12.2 Å². The van der Waals surface area contributed by atoms with Crippen LogP contribution in [-0.2, 0) is 0 Å².